The fourth-order valence-electron chi connectivity index (χ4n) is 2.50. The molecule has 3 N–H and O–H groups in total. The summed E-state index contributed by atoms with van der Waals surface area (Å²) in [6.45, 7) is 2.71. The van der Waals surface area contributed by atoms with Crippen molar-refractivity contribution < 1.29 is 4.79 Å². The van der Waals surface area contributed by atoms with Crippen LogP contribution in [0.25, 0.3) is 0 Å². The standard InChI is InChI=1S/C11H20N2O/c1-7(12)2-3-13-11(14)10-5-8-4-9(8)6-10/h7-10H,2-6,12H2,1H3,(H,13,14). The lowest BCUT2D eigenvalue weighted by Gasteiger charge is -2.12. The van der Waals surface area contributed by atoms with Gasteiger partial charge in [0.15, 0.2) is 0 Å². The highest BCUT2D eigenvalue weighted by Gasteiger charge is 2.47. The maximum atomic E-state index is 11.6. The molecule has 0 heterocycles. The third-order valence-electron chi connectivity index (χ3n) is 3.51. The predicted molar refractivity (Wildman–Crippen MR) is 55.6 cm³/mol. The predicted octanol–water partition coefficient (Wildman–Crippen LogP) is 0.886. The van der Waals surface area contributed by atoms with Gasteiger partial charge in [-0.25, -0.2) is 0 Å². The molecule has 1 amide bonds. The molecule has 14 heavy (non-hydrogen) atoms. The molecular weight excluding hydrogens is 176 g/mol. The summed E-state index contributed by atoms with van der Waals surface area (Å²) in [5, 5.41) is 2.98. The van der Waals surface area contributed by atoms with E-state index in [0.717, 1.165) is 37.6 Å². The van der Waals surface area contributed by atoms with Gasteiger partial charge in [-0.05, 0) is 44.4 Å². The highest BCUT2D eigenvalue weighted by molar-refractivity contribution is 5.79. The molecule has 2 aliphatic carbocycles. The van der Waals surface area contributed by atoms with Crippen molar-refractivity contribution in [2.45, 2.75) is 38.6 Å². The number of hydrogen-bond acceptors (Lipinski definition) is 2. The van der Waals surface area contributed by atoms with Gasteiger partial charge in [0.2, 0.25) is 5.91 Å². The molecule has 0 bridgehead atoms. The monoisotopic (exact) mass is 196 g/mol. The molecule has 0 aromatic carbocycles. The van der Waals surface area contributed by atoms with Crippen molar-refractivity contribution in [3.05, 3.63) is 0 Å². The fourth-order valence-corrected chi connectivity index (χ4v) is 2.50. The third-order valence-corrected chi connectivity index (χ3v) is 3.51. The van der Waals surface area contributed by atoms with Gasteiger partial charge >= 0.3 is 0 Å². The summed E-state index contributed by atoms with van der Waals surface area (Å²) in [5.74, 6) is 2.35. The van der Waals surface area contributed by atoms with Gasteiger partial charge in [-0.15, -0.1) is 0 Å². The molecule has 3 atom stereocenters. The summed E-state index contributed by atoms with van der Waals surface area (Å²) < 4.78 is 0. The molecule has 2 rings (SSSR count). The molecule has 0 aliphatic heterocycles. The summed E-state index contributed by atoms with van der Waals surface area (Å²) in [6.07, 6.45) is 4.53. The van der Waals surface area contributed by atoms with Crippen LogP contribution in [0.2, 0.25) is 0 Å². The van der Waals surface area contributed by atoms with E-state index in [1.54, 1.807) is 0 Å². The van der Waals surface area contributed by atoms with Crippen LogP contribution in [0.5, 0.6) is 0 Å². The largest absolute Gasteiger partial charge is 0.356 e. The lowest BCUT2D eigenvalue weighted by molar-refractivity contribution is -0.125. The Kier molecular flexibility index (Phi) is 2.77. The molecule has 2 saturated carbocycles. The second-order valence-corrected chi connectivity index (χ2v) is 4.98. The second-order valence-electron chi connectivity index (χ2n) is 4.98. The fraction of sp³-hybridized carbons (Fsp3) is 0.909. The molecule has 3 nitrogen and oxygen atoms in total. The Morgan fingerprint density at radius 1 is 1.43 bits per heavy atom. The Hall–Kier alpha value is -0.570. The molecule has 0 aromatic heterocycles. The Morgan fingerprint density at radius 2 is 2.07 bits per heavy atom. The van der Waals surface area contributed by atoms with E-state index in [1.807, 2.05) is 6.92 Å². The Morgan fingerprint density at radius 3 is 2.64 bits per heavy atom. The van der Waals surface area contributed by atoms with E-state index in [-0.39, 0.29) is 11.9 Å². The molecular formula is C11H20N2O. The van der Waals surface area contributed by atoms with Crippen LogP contribution in [0.4, 0.5) is 0 Å². The molecule has 0 spiro atoms. The van der Waals surface area contributed by atoms with Crippen LogP contribution in [0.1, 0.15) is 32.6 Å². The van der Waals surface area contributed by atoms with Crippen LogP contribution in [0.15, 0.2) is 0 Å². The quantitative estimate of drug-likeness (QED) is 0.701. The Labute approximate surface area is 85.4 Å². The first kappa shape index (κ1) is 9.97. The van der Waals surface area contributed by atoms with Gasteiger partial charge in [-0.3, -0.25) is 4.79 Å². The van der Waals surface area contributed by atoms with Crippen LogP contribution in [-0.2, 0) is 4.79 Å². The highest BCUT2D eigenvalue weighted by Crippen LogP contribution is 2.54. The second kappa shape index (κ2) is 3.89. The maximum Gasteiger partial charge on any atom is 0.223 e. The lowest BCUT2D eigenvalue weighted by Crippen LogP contribution is -2.33. The van der Waals surface area contributed by atoms with Crippen LogP contribution in [0, 0.1) is 17.8 Å². The van der Waals surface area contributed by atoms with Crippen LogP contribution < -0.4 is 11.1 Å². The van der Waals surface area contributed by atoms with E-state index >= 15 is 0 Å². The van der Waals surface area contributed by atoms with E-state index in [4.69, 9.17) is 5.73 Å². The number of hydrogen-bond donors (Lipinski definition) is 2. The zero-order valence-electron chi connectivity index (χ0n) is 8.83. The molecule has 0 aromatic rings. The molecule has 2 aliphatic rings. The summed E-state index contributed by atoms with van der Waals surface area (Å²) in [7, 11) is 0. The number of carbonyl (C=O) groups is 1. The van der Waals surface area contributed by atoms with Crippen LogP contribution in [0.3, 0.4) is 0 Å². The Balaban J connectivity index is 1.63. The average molecular weight is 196 g/mol. The topological polar surface area (TPSA) is 55.1 Å². The zero-order chi connectivity index (χ0) is 10.1. The minimum absolute atomic E-state index is 0.187. The van der Waals surface area contributed by atoms with E-state index in [2.05, 4.69) is 5.32 Å². The van der Waals surface area contributed by atoms with Crippen molar-refractivity contribution in [1.29, 1.82) is 0 Å². The van der Waals surface area contributed by atoms with Crippen LogP contribution in [-0.4, -0.2) is 18.5 Å². The van der Waals surface area contributed by atoms with Gasteiger partial charge in [0.05, 0.1) is 0 Å². The molecule has 3 heteroatoms. The van der Waals surface area contributed by atoms with Crippen molar-refractivity contribution in [3.8, 4) is 0 Å². The minimum atomic E-state index is 0.187. The van der Waals surface area contributed by atoms with Crippen molar-refractivity contribution >= 4 is 5.91 Å². The van der Waals surface area contributed by atoms with Gasteiger partial charge in [0, 0.05) is 18.5 Å². The number of nitrogens with two attached hydrogens (primary N) is 1. The minimum Gasteiger partial charge on any atom is -0.356 e. The van der Waals surface area contributed by atoms with Gasteiger partial charge in [0.1, 0.15) is 0 Å². The van der Waals surface area contributed by atoms with E-state index < -0.39 is 0 Å². The van der Waals surface area contributed by atoms with Gasteiger partial charge in [-0.2, -0.15) is 0 Å². The summed E-state index contributed by atoms with van der Waals surface area (Å²) in [6, 6.07) is 0.187. The number of rotatable bonds is 4. The molecule has 0 radical (unpaired) electrons. The normalized spacial score (nSPS) is 36.3. The van der Waals surface area contributed by atoms with Gasteiger partial charge in [-0.1, -0.05) is 0 Å². The SMILES string of the molecule is CC(N)CCNC(=O)C1CC2CC2C1. The third kappa shape index (κ3) is 2.27. The summed E-state index contributed by atoms with van der Waals surface area (Å²) >= 11 is 0. The Bertz CT molecular complexity index is 217. The highest BCUT2D eigenvalue weighted by atomic mass is 16.1. The zero-order valence-corrected chi connectivity index (χ0v) is 8.83. The number of nitrogens with one attached hydrogen (secondary N) is 1. The number of carbonyl (C=O) groups excluding carboxylic acids is 1. The first-order valence-electron chi connectivity index (χ1n) is 5.70. The van der Waals surface area contributed by atoms with Gasteiger partial charge in [0.25, 0.3) is 0 Å². The smallest absolute Gasteiger partial charge is 0.223 e. The molecule has 80 valence electrons. The van der Waals surface area contributed by atoms with Gasteiger partial charge < -0.3 is 11.1 Å². The molecule has 2 fully saturated rings. The van der Waals surface area contributed by atoms with Crippen molar-refractivity contribution in [3.63, 3.8) is 0 Å². The summed E-state index contributed by atoms with van der Waals surface area (Å²) in [5.41, 5.74) is 5.61. The van der Waals surface area contributed by atoms with E-state index in [9.17, 15) is 4.79 Å². The van der Waals surface area contributed by atoms with Crippen molar-refractivity contribution in [1.82, 2.24) is 5.32 Å². The van der Waals surface area contributed by atoms with E-state index in [1.165, 1.54) is 6.42 Å². The number of fused-ring (bicyclic) bond motifs is 1. The molecule has 3 unspecified atom stereocenters. The summed E-state index contributed by atoms with van der Waals surface area (Å²) in [4.78, 5) is 11.6. The van der Waals surface area contributed by atoms with E-state index in [0.29, 0.717) is 5.92 Å². The average Bonchev–Trinajstić information content (AvgIpc) is 2.73. The first-order chi connectivity index (χ1) is 6.66. The number of amides is 1. The first-order valence-corrected chi connectivity index (χ1v) is 5.70. The van der Waals surface area contributed by atoms with Crippen molar-refractivity contribution in [2.75, 3.05) is 6.54 Å². The lowest BCUT2D eigenvalue weighted by atomic mass is 10.0. The maximum absolute atomic E-state index is 11.6. The van der Waals surface area contributed by atoms with Crippen molar-refractivity contribution in [2.24, 2.45) is 23.5 Å². The molecule has 0 saturated heterocycles. The van der Waals surface area contributed by atoms with Crippen LogP contribution >= 0.6 is 0 Å².